The molecule has 4 nitrogen and oxygen atoms in total. The van der Waals surface area contributed by atoms with Gasteiger partial charge in [0.15, 0.2) is 0 Å². The third-order valence-electron chi connectivity index (χ3n) is 1.58. The van der Waals surface area contributed by atoms with Gasteiger partial charge in [-0.25, -0.2) is 0 Å². The van der Waals surface area contributed by atoms with Crippen LogP contribution in [0.25, 0.3) is 0 Å². The molecular weight excluding hydrogens is 140 g/mol. The maximum atomic E-state index is 7.16. The van der Waals surface area contributed by atoms with Gasteiger partial charge in [-0.2, -0.15) is 5.10 Å². The maximum Gasteiger partial charge on any atom is 0.116 e. The van der Waals surface area contributed by atoms with Gasteiger partial charge in [0.1, 0.15) is 11.9 Å². The highest BCUT2D eigenvalue weighted by Crippen LogP contribution is 2.04. The average Bonchev–Trinajstić information content (AvgIpc) is 2.34. The second-order valence-corrected chi connectivity index (χ2v) is 2.63. The number of nitrogens with one attached hydrogen (secondary N) is 1. The van der Waals surface area contributed by atoms with Gasteiger partial charge in [-0.1, -0.05) is 0 Å². The highest BCUT2D eigenvalue weighted by atomic mass is 15.3. The highest BCUT2D eigenvalue weighted by Gasteiger charge is 2.06. The van der Waals surface area contributed by atoms with Crippen LogP contribution in [0.1, 0.15) is 18.5 Å². The molecule has 0 amide bonds. The van der Waals surface area contributed by atoms with Gasteiger partial charge in [0.2, 0.25) is 0 Å². The zero-order chi connectivity index (χ0) is 8.43. The van der Waals surface area contributed by atoms with Crippen molar-refractivity contribution in [2.45, 2.75) is 19.9 Å². The molecule has 0 fully saturated rings. The Morgan fingerprint density at radius 3 is 2.82 bits per heavy atom. The van der Waals surface area contributed by atoms with Crippen molar-refractivity contribution < 1.29 is 0 Å². The van der Waals surface area contributed by atoms with Gasteiger partial charge in [0.25, 0.3) is 0 Å². The molecule has 1 rings (SSSR count). The normalized spacial score (nSPS) is 12.9. The van der Waals surface area contributed by atoms with Gasteiger partial charge < -0.3 is 5.73 Å². The third-order valence-corrected chi connectivity index (χ3v) is 1.58. The first kappa shape index (κ1) is 7.78. The number of hydrogen-bond donors (Lipinski definition) is 2. The molecular formula is C7H12N4. The van der Waals surface area contributed by atoms with Gasteiger partial charge in [0.05, 0.1) is 6.20 Å². The monoisotopic (exact) mass is 152 g/mol. The summed E-state index contributed by atoms with van der Waals surface area (Å²) >= 11 is 0. The van der Waals surface area contributed by atoms with Crippen LogP contribution in [-0.2, 0) is 0 Å². The lowest BCUT2D eigenvalue weighted by Gasteiger charge is -2.08. The molecule has 0 saturated heterocycles. The fraction of sp³-hybridized carbons (Fsp3) is 0.429. The van der Waals surface area contributed by atoms with E-state index >= 15 is 0 Å². The summed E-state index contributed by atoms with van der Waals surface area (Å²) in [6.07, 6.45) is 3.62. The predicted molar refractivity (Wildman–Crippen MR) is 43.6 cm³/mol. The molecule has 1 unspecified atom stereocenters. The lowest BCUT2D eigenvalue weighted by atomic mass is 10.3. The van der Waals surface area contributed by atoms with Crippen LogP contribution in [0.2, 0.25) is 0 Å². The molecule has 0 aliphatic carbocycles. The van der Waals surface area contributed by atoms with Gasteiger partial charge in [-0.15, -0.1) is 0 Å². The number of hydrogen-bond acceptors (Lipinski definition) is 2. The van der Waals surface area contributed by atoms with Crippen molar-refractivity contribution in [2.24, 2.45) is 5.73 Å². The van der Waals surface area contributed by atoms with E-state index in [-0.39, 0.29) is 11.9 Å². The zero-order valence-electron chi connectivity index (χ0n) is 6.70. The molecule has 0 aromatic carbocycles. The molecule has 0 spiro atoms. The van der Waals surface area contributed by atoms with Crippen LogP contribution < -0.4 is 5.73 Å². The van der Waals surface area contributed by atoms with E-state index in [0.717, 1.165) is 5.56 Å². The summed E-state index contributed by atoms with van der Waals surface area (Å²) in [4.78, 5) is 0. The van der Waals surface area contributed by atoms with Crippen LogP contribution in [0, 0.1) is 12.3 Å². The smallest absolute Gasteiger partial charge is 0.116 e. The molecule has 1 atom stereocenters. The Morgan fingerprint density at radius 1 is 1.82 bits per heavy atom. The van der Waals surface area contributed by atoms with E-state index in [9.17, 15) is 0 Å². The van der Waals surface area contributed by atoms with E-state index in [1.807, 2.05) is 20.0 Å². The Hall–Kier alpha value is -1.32. The lowest BCUT2D eigenvalue weighted by Crippen LogP contribution is -2.23. The molecule has 60 valence electrons. The number of aromatic nitrogens is 2. The standard InChI is InChI=1S/C7H12N4/c1-5-3-10-11(4-5)6(2)7(8)9/h3-4,6H,1-2H3,(H3,8,9). The number of nitrogens with two attached hydrogens (primary N) is 1. The summed E-state index contributed by atoms with van der Waals surface area (Å²) in [7, 11) is 0. The number of nitrogens with zero attached hydrogens (tertiary/aromatic N) is 2. The van der Waals surface area contributed by atoms with E-state index < -0.39 is 0 Å². The first-order chi connectivity index (χ1) is 5.11. The van der Waals surface area contributed by atoms with Crippen molar-refractivity contribution in [2.75, 3.05) is 0 Å². The Labute approximate surface area is 65.5 Å². The van der Waals surface area contributed by atoms with Crippen molar-refractivity contribution in [3.8, 4) is 0 Å². The molecule has 0 radical (unpaired) electrons. The number of aryl methyl sites for hydroxylation is 1. The second kappa shape index (κ2) is 2.74. The van der Waals surface area contributed by atoms with Crippen molar-refractivity contribution >= 4 is 5.84 Å². The van der Waals surface area contributed by atoms with Crippen LogP contribution in [0.15, 0.2) is 12.4 Å². The minimum absolute atomic E-state index is 0.133. The van der Waals surface area contributed by atoms with Gasteiger partial charge >= 0.3 is 0 Å². The largest absolute Gasteiger partial charge is 0.386 e. The molecule has 0 aliphatic heterocycles. The van der Waals surface area contributed by atoms with Gasteiger partial charge in [0, 0.05) is 6.20 Å². The Bertz CT molecular complexity index is 263. The Balaban J connectivity index is 2.84. The van der Waals surface area contributed by atoms with Crippen LogP contribution in [0.4, 0.5) is 0 Å². The van der Waals surface area contributed by atoms with E-state index in [2.05, 4.69) is 5.10 Å². The van der Waals surface area contributed by atoms with Crippen LogP contribution >= 0.6 is 0 Å². The van der Waals surface area contributed by atoms with E-state index in [0.29, 0.717) is 0 Å². The third kappa shape index (κ3) is 1.58. The Morgan fingerprint density at radius 2 is 2.45 bits per heavy atom. The average molecular weight is 152 g/mol. The Kier molecular flexibility index (Phi) is 1.94. The van der Waals surface area contributed by atoms with Crippen molar-refractivity contribution in [1.29, 1.82) is 5.41 Å². The van der Waals surface area contributed by atoms with Crippen molar-refractivity contribution in [3.63, 3.8) is 0 Å². The zero-order valence-corrected chi connectivity index (χ0v) is 6.70. The SMILES string of the molecule is Cc1cnn(C(C)C(=N)N)c1. The predicted octanol–water partition coefficient (Wildman–Crippen LogP) is 0.688. The van der Waals surface area contributed by atoms with Crippen LogP contribution in [0.5, 0.6) is 0 Å². The quantitative estimate of drug-likeness (QED) is 0.483. The first-order valence-corrected chi connectivity index (χ1v) is 3.46. The molecule has 1 heterocycles. The maximum absolute atomic E-state index is 7.16. The second-order valence-electron chi connectivity index (χ2n) is 2.63. The molecule has 0 bridgehead atoms. The summed E-state index contributed by atoms with van der Waals surface area (Å²) in [6.45, 7) is 3.80. The minimum Gasteiger partial charge on any atom is -0.386 e. The van der Waals surface area contributed by atoms with Gasteiger partial charge in [-0.05, 0) is 19.4 Å². The van der Waals surface area contributed by atoms with Crippen LogP contribution in [0.3, 0.4) is 0 Å². The van der Waals surface area contributed by atoms with Crippen molar-refractivity contribution in [3.05, 3.63) is 18.0 Å². The molecule has 1 aromatic rings. The summed E-state index contributed by atoms with van der Waals surface area (Å²) < 4.78 is 1.68. The summed E-state index contributed by atoms with van der Waals surface area (Å²) in [5, 5.41) is 11.2. The number of rotatable bonds is 2. The molecule has 0 aliphatic rings. The lowest BCUT2D eigenvalue weighted by molar-refractivity contribution is 0.602. The first-order valence-electron chi connectivity index (χ1n) is 3.46. The molecule has 0 saturated carbocycles. The molecule has 11 heavy (non-hydrogen) atoms. The van der Waals surface area contributed by atoms with Crippen LogP contribution in [-0.4, -0.2) is 15.6 Å². The summed E-state index contributed by atoms with van der Waals surface area (Å²) in [6, 6.07) is -0.135. The summed E-state index contributed by atoms with van der Waals surface area (Å²) in [5.74, 6) is 0.133. The number of amidine groups is 1. The van der Waals surface area contributed by atoms with E-state index in [1.165, 1.54) is 0 Å². The summed E-state index contributed by atoms with van der Waals surface area (Å²) in [5.41, 5.74) is 6.38. The van der Waals surface area contributed by atoms with Gasteiger partial charge in [-0.3, -0.25) is 10.1 Å². The van der Waals surface area contributed by atoms with E-state index in [1.54, 1.807) is 10.9 Å². The molecule has 3 N–H and O–H groups in total. The fourth-order valence-electron chi connectivity index (χ4n) is 0.787. The minimum atomic E-state index is -0.135. The fourth-order valence-corrected chi connectivity index (χ4v) is 0.787. The molecule has 1 aromatic heterocycles. The van der Waals surface area contributed by atoms with E-state index in [4.69, 9.17) is 11.1 Å². The topological polar surface area (TPSA) is 67.7 Å². The molecule has 4 heteroatoms. The van der Waals surface area contributed by atoms with Crippen molar-refractivity contribution in [1.82, 2.24) is 9.78 Å². The highest BCUT2D eigenvalue weighted by molar-refractivity contribution is 5.80.